The van der Waals surface area contributed by atoms with E-state index in [4.69, 9.17) is 0 Å². The predicted octanol–water partition coefficient (Wildman–Crippen LogP) is 3.27. The zero-order chi connectivity index (χ0) is 9.86. The highest BCUT2D eigenvalue weighted by molar-refractivity contribution is 4.91. The molecular weight excluding hydrogens is 170 g/mol. The predicted molar refractivity (Wildman–Crippen MR) is 61.4 cm³/mol. The van der Waals surface area contributed by atoms with E-state index in [2.05, 4.69) is 11.9 Å². The van der Waals surface area contributed by atoms with Gasteiger partial charge in [-0.1, -0.05) is 18.9 Å². The van der Waals surface area contributed by atoms with Gasteiger partial charge in [-0.15, -0.1) is 6.58 Å². The van der Waals surface area contributed by atoms with Gasteiger partial charge in [0.15, 0.2) is 0 Å². The van der Waals surface area contributed by atoms with Crippen molar-refractivity contribution in [1.82, 2.24) is 5.32 Å². The van der Waals surface area contributed by atoms with E-state index in [-0.39, 0.29) is 0 Å². The maximum absolute atomic E-state index is 3.75. The van der Waals surface area contributed by atoms with Crippen LogP contribution in [0.5, 0.6) is 0 Å². The van der Waals surface area contributed by atoms with Gasteiger partial charge in [-0.25, -0.2) is 0 Å². The molecule has 0 atom stereocenters. The van der Waals surface area contributed by atoms with Crippen molar-refractivity contribution in [3.8, 4) is 0 Å². The first-order valence-electron chi connectivity index (χ1n) is 6.19. The molecule has 2 fully saturated rings. The fourth-order valence-electron chi connectivity index (χ4n) is 3.31. The summed E-state index contributed by atoms with van der Waals surface area (Å²) in [4.78, 5) is 0. The zero-order valence-electron chi connectivity index (χ0n) is 9.23. The molecule has 1 nitrogen and oxygen atoms in total. The molecule has 0 unspecified atom stereocenters. The molecule has 1 spiro atoms. The van der Waals surface area contributed by atoms with Gasteiger partial charge in [-0.3, -0.25) is 0 Å². The normalized spacial score (nSPS) is 26.9. The smallest absolute Gasteiger partial charge is 0.0134 e. The summed E-state index contributed by atoms with van der Waals surface area (Å²) in [7, 11) is 0. The highest BCUT2D eigenvalue weighted by Gasteiger charge is 2.37. The van der Waals surface area contributed by atoms with Crippen LogP contribution in [0.1, 0.15) is 51.4 Å². The van der Waals surface area contributed by atoms with Crippen LogP contribution in [0.3, 0.4) is 0 Å². The fraction of sp³-hybridized carbons (Fsp3) is 0.846. The van der Waals surface area contributed by atoms with Gasteiger partial charge in [0.25, 0.3) is 0 Å². The summed E-state index contributed by atoms with van der Waals surface area (Å²) in [6.45, 7) is 4.74. The quantitative estimate of drug-likeness (QED) is 0.678. The largest absolute Gasteiger partial charge is 0.311 e. The molecular formula is C13H23N. The molecule has 0 aliphatic heterocycles. The first-order valence-corrected chi connectivity index (χ1v) is 6.19. The lowest BCUT2D eigenvalue weighted by Gasteiger charge is -2.37. The SMILES string of the molecule is C=CCNC1CCC2(CCCC2)CC1. The molecule has 14 heavy (non-hydrogen) atoms. The van der Waals surface area contributed by atoms with Crippen molar-refractivity contribution in [3.05, 3.63) is 12.7 Å². The monoisotopic (exact) mass is 193 g/mol. The Kier molecular flexibility index (Phi) is 3.27. The molecule has 2 rings (SSSR count). The van der Waals surface area contributed by atoms with Gasteiger partial charge in [0.1, 0.15) is 0 Å². The molecule has 0 bridgehead atoms. The first kappa shape index (κ1) is 10.2. The maximum atomic E-state index is 3.75. The Morgan fingerprint density at radius 2 is 1.79 bits per heavy atom. The maximum Gasteiger partial charge on any atom is 0.0134 e. The summed E-state index contributed by atoms with van der Waals surface area (Å²) >= 11 is 0. The molecule has 0 aromatic heterocycles. The van der Waals surface area contributed by atoms with Crippen molar-refractivity contribution < 1.29 is 0 Å². The summed E-state index contributed by atoms with van der Waals surface area (Å²) < 4.78 is 0. The average molecular weight is 193 g/mol. The Labute approximate surface area is 88.0 Å². The number of hydrogen-bond donors (Lipinski definition) is 1. The van der Waals surface area contributed by atoms with Gasteiger partial charge in [-0.2, -0.15) is 0 Å². The van der Waals surface area contributed by atoms with Crippen molar-refractivity contribution in [1.29, 1.82) is 0 Å². The van der Waals surface area contributed by atoms with E-state index in [9.17, 15) is 0 Å². The molecule has 2 aliphatic carbocycles. The second-order valence-electron chi connectivity index (χ2n) is 5.18. The lowest BCUT2D eigenvalue weighted by atomic mass is 9.71. The Morgan fingerprint density at radius 3 is 2.36 bits per heavy atom. The van der Waals surface area contributed by atoms with Crippen LogP contribution in [-0.2, 0) is 0 Å². The van der Waals surface area contributed by atoms with Gasteiger partial charge in [0.2, 0.25) is 0 Å². The van der Waals surface area contributed by atoms with Crippen LogP contribution in [0.4, 0.5) is 0 Å². The van der Waals surface area contributed by atoms with Crippen LogP contribution in [0.2, 0.25) is 0 Å². The molecule has 0 amide bonds. The van der Waals surface area contributed by atoms with Gasteiger partial charge in [0.05, 0.1) is 0 Å². The Hall–Kier alpha value is -0.300. The number of rotatable bonds is 3. The molecule has 0 radical (unpaired) electrons. The van der Waals surface area contributed by atoms with Crippen molar-refractivity contribution >= 4 is 0 Å². The van der Waals surface area contributed by atoms with Gasteiger partial charge in [0, 0.05) is 12.6 Å². The second-order valence-corrected chi connectivity index (χ2v) is 5.18. The molecule has 1 N–H and O–H groups in total. The molecule has 0 saturated heterocycles. The van der Waals surface area contributed by atoms with E-state index in [0.29, 0.717) is 0 Å². The minimum absolute atomic E-state index is 0.777. The summed E-state index contributed by atoms with van der Waals surface area (Å²) in [5.74, 6) is 0. The zero-order valence-corrected chi connectivity index (χ0v) is 9.23. The van der Waals surface area contributed by atoms with Gasteiger partial charge in [-0.05, 0) is 43.9 Å². The number of nitrogens with one attached hydrogen (secondary N) is 1. The van der Waals surface area contributed by atoms with E-state index in [0.717, 1.165) is 18.0 Å². The second kappa shape index (κ2) is 4.48. The molecule has 0 aromatic carbocycles. The summed E-state index contributed by atoms with van der Waals surface area (Å²) in [6.07, 6.45) is 13.7. The topological polar surface area (TPSA) is 12.0 Å². The van der Waals surface area contributed by atoms with Gasteiger partial charge >= 0.3 is 0 Å². The standard InChI is InChI=1S/C13H23N/c1-2-11-14-12-5-9-13(10-6-12)7-3-4-8-13/h2,12,14H,1,3-11H2. The third-order valence-electron chi connectivity index (χ3n) is 4.26. The van der Waals surface area contributed by atoms with Crippen molar-refractivity contribution in [2.75, 3.05) is 6.54 Å². The van der Waals surface area contributed by atoms with Crippen LogP contribution in [0.15, 0.2) is 12.7 Å². The van der Waals surface area contributed by atoms with E-state index in [1.807, 2.05) is 6.08 Å². The van der Waals surface area contributed by atoms with E-state index >= 15 is 0 Å². The highest BCUT2D eigenvalue weighted by Crippen LogP contribution is 2.48. The van der Waals surface area contributed by atoms with Crippen LogP contribution < -0.4 is 5.32 Å². The Bertz CT molecular complexity index is 181. The van der Waals surface area contributed by atoms with E-state index in [1.54, 1.807) is 0 Å². The third kappa shape index (κ3) is 2.20. The number of hydrogen-bond acceptors (Lipinski definition) is 1. The molecule has 2 aliphatic rings. The molecule has 2 saturated carbocycles. The van der Waals surface area contributed by atoms with E-state index in [1.165, 1.54) is 51.4 Å². The molecule has 80 valence electrons. The summed E-state index contributed by atoms with van der Waals surface area (Å²) in [5.41, 5.74) is 0.784. The third-order valence-corrected chi connectivity index (χ3v) is 4.26. The summed E-state index contributed by atoms with van der Waals surface area (Å²) in [5, 5.41) is 3.56. The highest BCUT2D eigenvalue weighted by atomic mass is 14.9. The Balaban J connectivity index is 1.76. The minimum atomic E-state index is 0.777. The van der Waals surface area contributed by atoms with Crippen molar-refractivity contribution in [2.45, 2.75) is 57.4 Å². The fourth-order valence-corrected chi connectivity index (χ4v) is 3.31. The van der Waals surface area contributed by atoms with Crippen LogP contribution in [0, 0.1) is 5.41 Å². The lowest BCUT2D eigenvalue weighted by Crippen LogP contribution is -2.36. The van der Waals surface area contributed by atoms with Crippen LogP contribution >= 0.6 is 0 Å². The Morgan fingerprint density at radius 1 is 1.14 bits per heavy atom. The van der Waals surface area contributed by atoms with Crippen LogP contribution in [-0.4, -0.2) is 12.6 Å². The average Bonchev–Trinajstić information content (AvgIpc) is 2.66. The van der Waals surface area contributed by atoms with Crippen LogP contribution in [0.25, 0.3) is 0 Å². The summed E-state index contributed by atoms with van der Waals surface area (Å²) in [6, 6.07) is 0.777. The van der Waals surface area contributed by atoms with Gasteiger partial charge < -0.3 is 5.32 Å². The molecule has 0 aromatic rings. The van der Waals surface area contributed by atoms with Crippen molar-refractivity contribution in [2.24, 2.45) is 5.41 Å². The molecule has 1 heteroatoms. The first-order chi connectivity index (χ1) is 6.85. The van der Waals surface area contributed by atoms with Crippen molar-refractivity contribution in [3.63, 3.8) is 0 Å². The minimum Gasteiger partial charge on any atom is -0.311 e. The van der Waals surface area contributed by atoms with E-state index < -0.39 is 0 Å². The lowest BCUT2D eigenvalue weighted by molar-refractivity contribution is 0.170. The molecule has 0 heterocycles.